The van der Waals surface area contributed by atoms with Crippen LogP contribution in [-0.2, 0) is 4.74 Å². The van der Waals surface area contributed by atoms with Crippen LogP contribution >= 0.6 is 35.8 Å². The summed E-state index contributed by atoms with van der Waals surface area (Å²) in [4.78, 5) is 8.72. The van der Waals surface area contributed by atoms with E-state index in [1.807, 2.05) is 32.0 Å². The van der Waals surface area contributed by atoms with E-state index in [1.54, 1.807) is 25.5 Å². The Morgan fingerprint density at radius 3 is 2.58 bits per heavy atom. The smallest absolute Gasteiger partial charge is 0.163 e. The molecule has 1 aliphatic rings. The zero-order valence-electron chi connectivity index (χ0n) is 19.2. The number of nitrogens with one attached hydrogen (secondary N) is 2. The maximum Gasteiger partial charge on any atom is 0.163 e. The number of benzene rings is 2. The van der Waals surface area contributed by atoms with E-state index in [0.717, 1.165) is 29.7 Å². The number of anilines is 2. The number of rotatable bonds is 6. The van der Waals surface area contributed by atoms with E-state index in [9.17, 15) is 0 Å². The van der Waals surface area contributed by atoms with Crippen LogP contribution in [0.2, 0.25) is 10.0 Å². The summed E-state index contributed by atoms with van der Waals surface area (Å²) in [6.07, 6.45) is 3.19. The number of thiol groups is 1. The standard InChI is InChI=1S/C20H20Cl2N4O3.C2H6.CH4S/c1-27-18-7-14-17(8-19(18)29-10-13-9-23-4-5-28-13)24-11-25-20(14)26-12-2-3-15(21)16(22)6-12;2*1-2/h2-3,6-8,11,13,23H,4-5,9-10H2,1H3,(H,24,25,26);1-2H3;2H,1H3. The molecule has 2 heterocycles. The molecule has 2 aromatic carbocycles. The van der Waals surface area contributed by atoms with Gasteiger partial charge in [0.2, 0.25) is 0 Å². The molecule has 180 valence electrons. The second kappa shape index (κ2) is 14.3. The van der Waals surface area contributed by atoms with Crippen LogP contribution < -0.4 is 20.1 Å². The topological polar surface area (TPSA) is 77.5 Å². The van der Waals surface area contributed by atoms with Crippen molar-refractivity contribution in [3.63, 3.8) is 0 Å². The normalized spacial score (nSPS) is 14.9. The predicted octanol–water partition coefficient (Wildman–Crippen LogP) is 5.63. The van der Waals surface area contributed by atoms with Crippen molar-refractivity contribution in [1.29, 1.82) is 0 Å². The number of methoxy groups -OCH3 is 1. The fourth-order valence-electron chi connectivity index (χ4n) is 3.06. The van der Waals surface area contributed by atoms with Crippen molar-refractivity contribution >= 4 is 58.2 Å². The number of aromatic nitrogens is 2. The highest BCUT2D eigenvalue weighted by Crippen LogP contribution is 2.35. The van der Waals surface area contributed by atoms with Gasteiger partial charge < -0.3 is 24.8 Å². The van der Waals surface area contributed by atoms with Crippen LogP contribution in [0, 0.1) is 0 Å². The van der Waals surface area contributed by atoms with E-state index in [1.165, 1.54) is 6.33 Å². The number of halogens is 2. The highest BCUT2D eigenvalue weighted by atomic mass is 35.5. The number of nitrogens with zero attached hydrogens (tertiary/aromatic N) is 2. The Morgan fingerprint density at radius 2 is 1.91 bits per heavy atom. The summed E-state index contributed by atoms with van der Waals surface area (Å²) in [5, 5.41) is 8.28. The van der Waals surface area contributed by atoms with Crippen molar-refractivity contribution in [2.75, 3.05) is 45.0 Å². The molecular weight excluding hydrogens is 483 g/mol. The van der Waals surface area contributed by atoms with Crippen LogP contribution in [0.4, 0.5) is 11.5 Å². The monoisotopic (exact) mass is 512 g/mol. The van der Waals surface area contributed by atoms with Gasteiger partial charge in [0.15, 0.2) is 11.5 Å². The fourth-order valence-corrected chi connectivity index (χ4v) is 3.35. The maximum atomic E-state index is 6.11. The summed E-state index contributed by atoms with van der Waals surface area (Å²) in [5.74, 6) is 1.82. The molecular formula is C23H30Cl2N4O3S. The molecule has 1 atom stereocenters. The van der Waals surface area contributed by atoms with Crippen molar-refractivity contribution in [3.05, 3.63) is 46.7 Å². The number of hydrogen-bond donors (Lipinski definition) is 3. The van der Waals surface area contributed by atoms with Gasteiger partial charge in [-0.1, -0.05) is 37.0 Å². The van der Waals surface area contributed by atoms with Crippen LogP contribution in [0.15, 0.2) is 36.7 Å². The largest absolute Gasteiger partial charge is 0.493 e. The van der Waals surface area contributed by atoms with E-state index in [2.05, 4.69) is 33.2 Å². The Bertz CT molecular complexity index is 1020. The average Bonchev–Trinajstić information content (AvgIpc) is 2.87. The third kappa shape index (κ3) is 7.52. The van der Waals surface area contributed by atoms with Crippen LogP contribution in [0.3, 0.4) is 0 Å². The first-order chi connectivity index (χ1) is 16.1. The molecule has 1 saturated heterocycles. The van der Waals surface area contributed by atoms with Crippen molar-refractivity contribution in [2.24, 2.45) is 0 Å². The fraction of sp³-hybridized carbons (Fsp3) is 0.391. The molecule has 0 spiro atoms. The lowest BCUT2D eigenvalue weighted by atomic mass is 10.2. The van der Waals surface area contributed by atoms with Gasteiger partial charge >= 0.3 is 0 Å². The van der Waals surface area contributed by atoms with E-state index < -0.39 is 0 Å². The molecule has 0 aliphatic carbocycles. The van der Waals surface area contributed by atoms with Crippen LogP contribution in [0.25, 0.3) is 10.9 Å². The highest BCUT2D eigenvalue weighted by molar-refractivity contribution is 7.79. The van der Waals surface area contributed by atoms with Crippen molar-refractivity contribution in [2.45, 2.75) is 20.0 Å². The lowest BCUT2D eigenvalue weighted by Gasteiger charge is -2.24. The highest BCUT2D eigenvalue weighted by Gasteiger charge is 2.17. The molecule has 10 heteroatoms. The first-order valence-electron chi connectivity index (χ1n) is 10.6. The third-order valence-corrected chi connectivity index (χ3v) is 5.27. The molecule has 3 aromatic rings. The quantitative estimate of drug-likeness (QED) is 0.369. The molecule has 2 N–H and O–H groups in total. The van der Waals surface area contributed by atoms with Crippen molar-refractivity contribution < 1.29 is 14.2 Å². The summed E-state index contributed by atoms with van der Waals surface area (Å²) in [6, 6.07) is 8.99. The van der Waals surface area contributed by atoms with Gasteiger partial charge in [-0.15, -0.1) is 0 Å². The SMILES string of the molecule is CC.COc1cc2c(Nc3ccc(Cl)c(Cl)c3)ncnc2cc1OCC1CNCCO1.CS. The summed E-state index contributed by atoms with van der Waals surface area (Å²) in [7, 11) is 1.60. The van der Waals surface area contributed by atoms with Gasteiger partial charge in [-0.3, -0.25) is 0 Å². The second-order valence-corrected chi connectivity index (χ2v) is 7.32. The number of ether oxygens (including phenoxy) is 3. The molecule has 0 saturated carbocycles. The molecule has 1 aromatic heterocycles. The predicted molar refractivity (Wildman–Crippen MR) is 140 cm³/mol. The maximum absolute atomic E-state index is 6.11. The Labute approximate surface area is 210 Å². The van der Waals surface area contributed by atoms with E-state index in [4.69, 9.17) is 37.4 Å². The number of hydrogen-bond acceptors (Lipinski definition) is 8. The Kier molecular flexibility index (Phi) is 11.8. The Morgan fingerprint density at radius 1 is 1.12 bits per heavy atom. The van der Waals surface area contributed by atoms with Crippen LogP contribution in [0.1, 0.15) is 13.8 Å². The van der Waals surface area contributed by atoms with E-state index in [-0.39, 0.29) is 6.10 Å². The molecule has 1 unspecified atom stereocenters. The molecule has 0 radical (unpaired) electrons. The minimum absolute atomic E-state index is 0.00133. The lowest BCUT2D eigenvalue weighted by molar-refractivity contribution is -0.000235. The molecule has 0 bridgehead atoms. The summed E-state index contributed by atoms with van der Waals surface area (Å²) >= 11 is 15.6. The van der Waals surface area contributed by atoms with Gasteiger partial charge in [0, 0.05) is 30.2 Å². The van der Waals surface area contributed by atoms with Gasteiger partial charge in [0.1, 0.15) is 24.9 Å². The zero-order chi connectivity index (χ0) is 24.2. The summed E-state index contributed by atoms with van der Waals surface area (Å²) < 4.78 is 17.2. The summed E-state index contributed by atoms with van der Waals surface area (Å²) in [6.45, 7) is 6.73. The zero-order valence-corrected chi connectivity index (χ0v) is 21.6. The lowest BCUT2D eigenvalue weighted by Crippen LogP contribution is -2.41. The van der Waals surface area contributed by atoms with Crippen molar-refractivity contribution in [3.8, 4) is 11.5 Å². The average molecular weight is 513 g/mol. The number of fused-ring (bicyclic) bond motifs is 1. The first-order valence-corrected chi connectivity index (χ1v) is 12.2. The third-order valence-electron chi connectivity index (χ3n) is 4.53. The minimum Gasteiger partial charge on any atom is -0.493 e. The second-order valence-electron chi connectivity index (χ2n) is 6.50. The van der Waals surface area contributed by atoms with E-state index >= 15 is 0 Å². The molecule has 33 heavy (non-hydrogen) atoms. The van der Waals surface area contributed by atoms with Crippen LogP contribution in [-0.4, -0.2) is 55.7 Å². The number of morpholine rings is 1. The molecule has 1 fully saturated rings. The van der Waals surface area contributed by atoms with Gasteiger partial charge in [0.05, 0.1) is 29.3 Å². The molecule has 4 rings (SSSR count). The van der Waals surface area contributed by atoms with Crippen molar-refractivity contribution in [1.82, 2.24) is 15.3 Å². The molecule has 7 nitrogen and oxygen atoms in total. The molecule has 0 amide bonds. The van der Waals surface area contributed by atoms with Gasteiger partial charge in [-0.2, -0.15) is 12.6 Å². The van der Waals surface area contributed by atoms with Crippen LogP contribution in [0.5, 0.6) is 11.5 Å². The minimum atomic E-state index is 0.00133. The first kappa shape index (κ1) is 27.3. The van der Waals surface area contributed by atoms with E-state index in [0.29, 0.717) is 40.6 Å². The Hall–Kier alpha value is -1.97. The van der Waals surface area contributed by atoms with Gasteiger partial charge in [-0.25, -0.2) is 9.97 Å². The van der Waals surface area contributed by atoms with Gasteiger partial charge in [0.25, 0.3) is 0 Å². The Balaban J connectivity index is 0.000000914. The van der Waals surface area contributed by atoms with Gasteiger partial charge in [-0.05, 0) is 30.5 Å². The molecule has 1 aliphatic heterocycles. The summed E-state index contributed by atoms with van der Waals surface area (Å²) in [5.41, 5.74) is 1.49.